The zero-order valence-electron chi connectivity index (χ0n) is 16.2. The molecule has 0 saturated heterocycles. The summed E-state index contributed by atoms with van der Waals surface area (Å²) in [6.07, 6.45) is 12.0. The minimum absolute atomic E-state index is 0.117. The summed E-state index contributed by atoms with van der Waals surface area (Å²) in [6.45, 7) is 0. The predicted octanol–water partition coefficient (Wildman–Crippen LogP) is 5.57. The highest BCUT2D eigenvalue weighted by atomic mass is 32.1. The highest BCUT2D eigenvalue weighted by molar-refractivity contribution is 7.17. The Morgan fingerprint density at radius 2 is 1.93 bits per heavy atom. The van der Waals surface area contributed by atoms with Crippen molar-refractivity contribution in [2.45, 2.75) is 51.0 Å². The Kier molecular flexibility index (Phi) is 5.02. The van der Waals surface area contributed by atoms with E-state index < -0.39 is 0 Å². The minimum Gasteiger partial charge on any atom is -0.490 e. The second-order valence-corrected chi connectivity index (χ2v) is 8.47. The topological polar surface area (TPSA) is 67.3 Å². The molecule has 1 aliphatic heterocycles. The van der Waals surface area contributed by atoms with E-state index >= 15 is 0 Å². The minimum atomic E-state index is -0.117. The van der Waals surface area contributed by atoms with Crippen molar-refractivity contribution in [1.82, 2.24) is 9.97 Å². The van der Waals surface area contributed by atoms with E-state index in [0.717, 1.165) is 53.8 Å². The molecular weight excluding hydrogens is 382 g/mol. The van der Waals surface area contributed by atoms with E-state index in [-0.39, 0.29) is 11.7 Å². The molecule has 0 radical (unpaired) electrons. The molecule has 29 heavy (non-hydrogen) atoms. The molecule has 1 aromatic carbocycles. The number of para-hydroxylation sites is 1. The lowest BCUT2D eigenvalue weighted by molar-refractivity contribution is 0.156. The normalized spacial score (nSPS) is 17.4. The quantitative estimate of drug-likeness (QED) is 0.617. The standard InChI is InChI=1S/C23H23N3O2S/c27-23-21-20(25-22(26-23)18-11-6-7-13-24-18)17(14-29-21)16-10-4-5-12-19(16)28-15-8-2-1-3-9-15/h4-5,10-15H,1-3,6-9H2,(H,25,26,27). The van der Waals surface area contributed by atoms with Gasteiger partial charge in [-0.05, 0) is 44.6 Å². The average Bonchev–Trinajstić information content (AvgIpc) is 3.20. The Balaban J connectivity index is 1.59. The number of nitrogens with zero attached hydrogens (tertiary/aromatic N) is 2. The molecule has 1 saturated carbocycles. The van der Waals surface area contributed by atoms with Crippen LogP contribution in [0, 0.1) is 0 Å². The third-order valence-electron chi connectivity index (χ3n) is 5.56. The molecule has 2 aromatic heterocycles. The van der Waals surface area contributed by atoms with Gasteiger partial charge in [0, 0.05) is 22.7 Å². The van der Waals surface area contributed by atoms with E-state index in [1.54, 1.807) is 0 Å². The highest BCUT2D eigenvalue weighted by Crippen LogP contribution is 2.38. The summed E-state index contributed by atoms with van der Waals surface area (Å²) in [5, 5.41) is 2.01. The molecule has 148 valence electrons. The fourth-order valence-corrected chi connectivity index (χ4v) is 4.96. The average molecular weight is 406 g/mol. The van der Waals surface area contributed by atoms with Crippen LogP contribution in [0.2, 0.25) is 0 Å². The number of ether oxygens (including phenoxy) is 1. The van der Waals surface area contributed by atoms with Crippen LogP contribution in [0.15, 0.2) is 45.5 Å². The van der Waals surface area contributed by atoms with E-state index in [1.807, 2.05) is 35.9 Å². The molecule has 1 N–H and O–H groups in total. The maximum absolute atomic E-state index is 12.7. The number of thiophene rings is 1. The van der Waals surface area contributed by atoms with Crippen molar-refractivity contribution < 1.29 is 4.74 Å². The number of hydrogen-bond donors (Lipinski definition) is 1. The lowest BCUT2D eigenvalue weighted by atomic mass is 9.97. The van der Waals surface area contributed by atoms with Crippen LogP contribution in [0.3, 0.4) is 0 Å². The molecule has 5 nitrogen and oxygen atoms in total. The second kappa shape index (κ2) is 7.95. The molecule has 5 rings (SSSR count). The molecule has 1 aliphatic carbocycles. The number of nitrogens with one attached hydrogen (secondary N) is 1. The van der Waals surface area contributed by atoms with Gasteiger partial charge in [-0.25, -0.2) is 4.98 Å². The lowest BCUT2D eigenvalue weighted by Gasteiger charge is -2.24. The summed E-state index contributed by atoms with van der Waals surface area (Å²) in [7, 11) is 0. The highest BCUT2D eigenvalue weighted by Gasteiger charge is 2.20. The van der Waals surface area contributed by atoms with Crippen LogP contribution >= 0.6 is 11.3 Å². The first-order chi connectivity index (χ1) is 14.3. The Morgan fingerprint density at radius 1 is 1.07 bits per heavy atom. The number of benzene rings is 1. The summed E-state index contributed by atoms with van der Waals surface area (Å²) < 4.78 is 7.03. The first-order valence-corrected chi connectivity index (χ1v) is 11.2. The van der Waals surface area contributed by atoms with Gasteiger partial charge >= 0.3 is 0 Å². The number of allylic oxidation sites excluding steroid dienone is 1. The van der Waals surface area contributed by atoms with E-state index in [0.29, 0.717) is 10.5 Å². The zero-order chi connectivity index (χ0) is 19.6. The molecule has 6 heteroatoms. The van der Waals surface area contributed by atoms with Gasteiger partial charge in [0.2, 0.25) is 0 Å². The van der Waals surface area contributed by atoms with Gasteiger partial charge in [0.1, 0.15) is 16.1 Å². The molecule has 0 atom stereocenters. The summed E-state index contributed by atoms with van der Waals surface area (Å²) in [5.74, 6) is 1.40. The molecule has 1 fully saturated rings. The van der Waals surface area contributed by atoms with Gasteiger partial charge in [0.25, 0.3) is 5.56 Å². The van der Waals surface area contributed by atoms with Gasteiger partial charge in [0.15, 0.2) is 5.82 Å². The summed E-state index contributed by atoms with van der Waals surface area (Å²) in [6, 6.07) is 8.09. The van der Waals surface area contributed by atoms with Gasteiger partial charge in [0.05, 0.1) is 11.6 Å². The molecule has 0 bridgehead atoms. The smallest absolute Gasteiger partial charge is 0.269 e. The lowest BCUT2D eigenvalue weighted by Crippen LogP contribution is -2.19. The van der Waals surface area contributed by atoms with Crippen LogP contribution in [0.25, 0.3) is 27.0 Å². The summed E-state index contributed by atoms with van der Waals surface area (Å²) >= 11 is 1.43. The van der Waals surface area contributed by atoms with Crippen molar-refractivity contribution in [2.75, 3.05) is 0 Å². The van der Waals surface area contributed by atoms with Crippen LogP contribution in [-0.2, 0) is 0 Å². The molecular formula is C23H23N3O2S. The van der Waals surface area contributed by atoms with Crippen LogP contribution < -0.4 is 10.3 Å². The Labute approximate surface area is 173 Å². The van der Waals surface area contributed by atoms with Crippen LogP contribution in [0.1, 0.15) is 50.8 Å². The van der Waals surface area contributed by atoms with Gasteiger partial charge in [-0.15, -0.1) is 11.3 Å². The van der Waals surface area contributed by atoms with E-state index in [4.69, 9.17) is 9.72 Å². The molecule has 2 aliphatic rings. The van der Waals surface area contributed by atoms with Crippen molar-refractivity contribution >= 4 is 33.5 Å². The molecule has 0 spiro atoms. The largest absolute Gasteiger partial charge is 0.490 e. The number of hydrogen-bond acceptors (Lipinski definition) is 5. The number of aromatic nitrogens is 2. The Bertz CT molecular complexity index is 1150. The zero-order valence-corrected chi connectivity index (χ0v) is 17.0. The number of aliphatic imine (C=N–C) groups is 1. The predicted molar refractivity (Wildman–Crippen MR) is 119 cm³/mol. The molecule has 3 aromatic rings. The van der Waals surface area contributed by atoms with Gasteiger partial charge < -0.3 is 9.72 Å². The number of aromatic amines is 1. The van der Waals surface area contributed by atoms with Crippen molar-refractivity contribution in [2.24, 2.45) is 4.99 Å². The number of H-pyrrole nitrogens is 1. The van der Waals surface area contributed by atoms with Crippen molar-refractivity contribution in [3.63, 3.8) is 0 Å². The molecule has 0 amide bonds. The van der Waals surface area contributed by atoms with Crippen molar-refractivity contribution in [3.05, 3.63) is 51.9 Å². The SMILES string of the molecule is O=c1[nH]c(C2=CCCC=N2)nc2c(-c3ccccc3OC3CCCCC3)csc12. The Morgan fingerprint density at radius 3 is 2.76 bits per heavy atom. The summed E-state index contributed by atoms with van der Waals surface area (Å²) in [5.41, 5.74) is 3.28. The first-order valence-electron chi connectivity index (χ1n) is 10.3. The number of fused-ring (bicyclic) bond motifs is 1. The van der Waals surface area contributed by atoms with Crippen LogP contribution in [0.4, 0.5) is 0 Å². The van der Waals surface area contributed by atoms with Gasteiger partial charge in [-0.3, -0.25) is 9.79 Å². The van der Waals surface area contributed by atoms with Crippen LogP contribution in [0.5, 0.6) is 5.75 Å². The molecule has 3 heterocycles. The monoisotopic (exact) mass is 405 g/mol. The fourth-order valence-electron chi connectivity index (χ4n) is 4.06. The first kappa shape index (κ1) is 18.3. The summed E-state index contributed by atoms with van der Waals surface area (Å²) in [4.78, 5) is 24.8. The number of rotatable bonds is 4. The molecule has 0 unspecified atom stereocenters. The van der Waals surface area contributed by atoms with Crippen molar-refractivity contribution in [1.29, 1.82) is 0 Å². The van der Waals surface area contributed by atoms with Gasteiger partial charge in [-0.1, -0.05) is 30.7 Å². The Hall–Kier alpha value is -2.73. The van der Waals surface area contributed by atoms with E-state index in [9.17, 15) is 4.79 Å². The third kappa shape index (κ3) is 3.65. The maximum Gasteiger partial charge on any atom is 0.269 e. The van der Waals surface area contributed by atoms with Crippen LogP contribution in [-0.4, -0.2) is 22.3 Å². The maximum atomic E-state index is 12.7. The van der Waals surface area contributed by atoms with E-state index in [2.05, 4.69) is 16.0 Å². The fraction of sp³-hybridized carbons (Fsp3) is 0.348. The van der Waals surface area contributed by atoms with Gasteiger partial charge in [-0.2, -0.15) is 0 Å². The second-order valence-electron chi connectivity index (χ2n) is 7.59. The third-order valence-corrected chi connectivity index (χ3v) is 6.52. The van der Waals surface area contributed by atoms with E-state index in [1.165, 1.54) is 30.6 Å². The van der Waals surface area contributed by atoms with Crippen molar-refractivity contribution in [3.8, 4) is 16.9 Å².